The molecule has 3 heterocycles. The van der Waals surface area contributed by atoms with Crippen molar-refractivity contribution in [2.45, 2.75) is 39.3 Å². The van der Waals surface area contributed by atoms with Crippen LogP contribution >= 0.6 is 0 Å². The second-order valence-corrected chi connectivity index (χ2v) is 6.64. The van der Waals surface area contributed by atoms with E-state index in [1.54, 1.807) is 17.0 Å². The van der Waals surface area contributed by atoms with Gasteiger partial charge >= 0.3 is 0 Å². The summed E-state index contributed by atoms with van der Waals surface area (Å²) in [6.07, 6.45) is 7.29. The number of hydrogen-bond acceptors (Lipinski definition) is 5. The van der Waals surface area contributed by atoms with Gasteiger partial charge in [-0.05, 0) is 26.3 Å². The van der Waals surface area contributed by atoms with Gasteiger partial charge in [0.2, 0.25) is 0 Å². The molecule has 0 aliphatic carbocycles. The second kappa shape index (κ2) is 6.76. The molecule has 3 rings (SSSR count). The Hall–Kier alpha value is -2.15. The minimum atomic E-state index is -0.0739. The van der Waals surface area contributed by atoms with Crippen LogP contribution in [0.2, 0.25) is 0 Å². The summed E-state index contributed by atoms with van der Waals surface area (Å²) < 4.78 is 3.58. The number of nitrogens with zero attached hydrogens (tertiary/aromatic N) is 5. The van der Waals surface area contributed by atoms with Crippen molar-refractivity contribution in [2.24, 2.45) is 5.92 Å². The van der Waals surface area contributed by atoms with Crippen LogP contribution in [0.5, 0.6) is 0 Å². The number of rotatable bonds is 5. The fourth-order valence-electron chi connectivity index (χ4n) is 3.34. The van der Waals surface area contributed by atoms with Crippen LogP contribution in [0.15, 0.2) is 29.6 Å². The molecule has 0 radical (unpaired) electrons. The van der Waals surface area contributed by atoms with Gasteiger partial charge in [0.1, 0.15) is 0 Å². The van der Waals surface area contributed by atoms with Crippen LogP contribution < -0.4 is 10.5 Å². The molecule has 1 aliphatic rings. The molecule has 24 heavy (non-hydrogen) atoms. The number of aliphatic hydroxyl groups is 1. The van der Waals surface area contributed by atoms with Crippen LogP contribution in [0.4, 0.5) is 5.82 Å². The van der Waals surface area contributed by atoms with Crippen molar-refractivity contribution in [3.8, 4) is 0 Å². The Morgan fingerprint density at radius 1 is 1.38 bits per heavy atom. The lowest BCUT2D eigenvalue weighted by Crippen LogP contribution is -2.32. The first-order valence-corrected chi connectivity index (χ1v) is 8.50. The normalized spacial score (nSPS) is 21.0. The van der Waals surface area contributed by atoms with Gasteiger partial charge in [-0.25, -0.2) is 4.98 Å². The zero-order valence-corrected chi connectivity index (χ0v) is 14.5. The Balaban J connectivity index is 1.88. The lowest BCUT2D eigenvalue weighted by Gasteiger charge is -2.17. The molecule has 7 nitrogen and oxygen atoms in total. The second-order valence-electron chi connectivity index (χ2n) is 6.64. The van der Waals surface area contributed by atoms with Crippen molar-refractivity contribution in [2.75, 3.05) is 24.6 Å². The summed E-state index contributed by atoms with van der Waals surface area (Å²) in [7, 11) is 0. The molecule has 130 valence electrons. The number of anilines is 1. The summed E-state index contributed by atoms with van der Waals surface area (Å²) in [6.45, 7) is 8.12. The molecular formula is C17H25N5O2. The molecule has 0 bridgehead atoms. The molecular weight excluding hydrogens is 306 g/mol. The van der Waals surface area contributed by atoms with Crippen LogP contribution in [0.1, 0.15) is 38.3 Å². The van der Waals surface area contributed by atoms with E-state index in [2.05, 4.69) is 23.9 Å². The van der Waals surface area contributed by atoms with Crippen molar-refractivity contribution < 1.29 is 5.11 Å². The van der Waals surface area contributed by atoms with Gasteiger partial charge in [0.05, 0.1) is 6.20 Å². The van der Waals surface area contributed by atoms with Crippen LogP contribution in [0, 0.1) is 5.92 Å². The van der Waals surface area contributed by atoms with Crippen molar-refractivity contribution in [3.05, 3.63) is 40.7 Å². The monoisotopic (exact) mass is 331 g/mol. The molecule has 0 saturated carbocycles. The summed E-state index contributed by atoms with van der Waals surface area (Å²) in [5, 5.41) is 14.2. The molecule has 2 atom stereocenters. The maximum Gasteiger partial charge on any atom is 0.293 e. The molecule has 2 aromatic heterocycles. The lowest BCUT2D eigenvalue weighted by atomic mass is 9.92. The average molecular weight is 331 g/mol. The third-order valence-electron chi connectivity index (χ3n) is 4.79. The van der Waals surface area contributed by atoms with Crippen LogP contribution in [-0.2, 0) is 6.54 Å². The third kappa shape index (κ3) is 2.96. The highest BCUT2D eigenvalue weighted by Crippen LogP contribution is 2.33. The van der Waals surface area contributed by atoms with Crippen LogP contribution in [0.3, 0.4) is 0 Å². The molecule has 1 N–H and O–H groups in total. The van der Waals surface area contributed by atoms with E-state index in [-0.39, 0.29) is 24.0 Å². The zero-order chi connectivity index (χ0) is 17.3. The van der Waals surface area contributed by atoms with E-state index in [0.717, 1.165) is 5.56 Å². The molecule has 0 aromatic carbocycles. The Morgan fingerprint density at radius 3 is 2.79 bits per heavy atom. The summed E-state index contributed by atoms with van der Waals surface area (Å²) in [4.78, 5) is 18.8. The van der Waals surface area contributed by atoms with Gasteiger partial charge in [0.25, 0.3) is 5.56 Å². The zero-order valence-electron chi connectivity index (χ0n) is 14.5. The molecule has 1 aliphatic heterocycles. The Kier molecular flexibility index (Phi) is 4.71. The Bertz CT molecular complexity index is 751. The minimum absolute atomic E-state index is 0.0739. The van der Waals surface area contributed by atoms with E-state index in [1.807, 2.05) is 28.9 Å². The molecule has 0 unspecified atom stereocenters. The van der Waals surface area contributed by atoms with Gasteiger partial charge in [0, 0.05) is 62.7 Å². The van der Waals surface area contributed by atoms with E-state index in [1.165, 1.54) is 0 Å². The maximum absolute atomic E-state index is 12.5. The standard InChI is InChI=1S/C17H25N5O2/c1-4-20-6-5-18-16(17(20)24)21-8-14(11-23)15(10-21)13-7-19-22(9-13)12(2)3/h5-7,9,12,14-15,23H,4,8,10-11H2,1-3H3/t14-,15-/m0/s1. The van der Waals surface area contributed by atoms with Crippen molar-refractivity contribution in [1.82, 2.24) is 19.3 Å². The van der Waals surface area contributed by atoms with Gasteiger partial charge in [0.15, 0.2) is 5.82 Å². The largest absolute Gasteiger partial charge is 0.396 e. The van der Waals surface area contributed by atoms with E-state index >= 15 is 0 Å². The first-order valence-electron chi connectivity index (χ1n) is 8.50. The average Bonchev–Trinajstić information content (AvgIpc) is 3.21. The van der Waals surface area contributed by atoms with Crippen molar-refractivity contribution in [1.29, 1.82) is 0 Å². The molecule has 0 amide bonds. The fourth-order valence-corrected chi connectivity index (χ4v) is 3.34. The molecule has 1 saturated heterocycles. The highest BCUT2D eigenvalue weighted by molar-refractivity contribution is 5.40. The van der Waals surface area contributed by atoms with Crippen molar-refractivity contribution in [3.63, 3.8) is 0 Å². The van der Waals surface area contributed by atoms with Crippen LogP contribution in [-0.4, -0.2) is 44.1 Å². The predicted molar refractivity (Wildman–Crippen MR) is 92.3 cm³/mol. The van der Waals surface area contributed by atoms with Gasteiger partial charge in [-0.2, -0.15) is 5.10 Å². The lowest BCUT2D eigenvalue weighted by molar-refractivity contribution is 0.227. The SMILES string of the molecule is CCn1ccnc(N2C[C@@H](CO)[C@H](c3cnn(C(C)C)c3)C2)c1=O. The van der Waals surface area contributed by atoms with E-state index in [0.29, 0.717) is 31.5 Å². The highest BCUT2D eigenvalue weighted by atomic mass is 16.3. The Morgan fingerprint density at radius 2 is 2.17 bits per heavy atom. The van der Waals surface area contributed by atoms with Crippen LogP contribution in [0.25, 0.3) is 0 Å². The summed E-state index contributed by atoms with van der Waals surface area (Å²) in [6, 6.07) is 0.302. The smallest absolute Gasteiger partial charge is 0.293 e. The predicted octanol–water partition coefficient (Wildman–Crippen LogP) is 1.25. The summed E-state index contributed by atoms with van der Waals surface area (Å²) >= 11 is 0. The summed E-state index contributed by atoms with van der Waals surface area (Å²) in [5.74, 6) is 0.696. The topological polar surface area (TPSA) is 76.2 Å². The highest BCUT2D eigenvalue weighted by Gasteiger charge is 2.36. The quantitative estimate of drug-likeness (QED) is 0.892. The number of aryl methyl sites for hydroxylation is 1. The molecule has 1 fully saturated rings. The van der Waals surface area contributed by atoms with E-state index in [9.17, 15) is 9.90 Å². The number of aromatic nitrogens is 4. The number of hydrogen-bond donors (Lipinski definition) is 1. The summed E-state index contributed by atoms with van der Waals surface area (Å²) in [5.41, 5.74) is 1.03. The fraction of sp³-hybridized carbons (Fsp3) is 0.588. The number of aliphatic hydroxyl groups excluding tert-OH is 1. The molecule has 0 spiro atoms. The van der Waals surface area contributed by atoms with Gasteiger partial charge < -0.3 is 14.6 Å². The van der Waals surface area contributed by atoms with Gasteiger partial charge in [-0.3, -0.25) is 9.48 Å². The van der Waals surface area contributed by atoms with Gasteiger partial charge in [-0.15, -0.1) is 0 Å². The Labute approximate surface area is 141 Å². The van der Waals surface area contributed by atoms with Crippen molar-refractivity contribution >= 4 is 5.82 Å². The first-order chi connectivity index (χ1) is 11.5. The molecule has 2 aromatic rings. The minimum Gasteiger partial charge on any atom is -0.396 e. The van der Waals surface area contributed by atoms with Gasteiger partial charge in [-0.1, -0.05) is 0 Å². The molecule has 7 heteroatoms. The third-order valence-corrected chi connectivity index (χ3v) is 4.79. The van der Waals surface area contributed by atoms with E-state index < -0.39 is 0 Å². The maximum atomic E-state index is 12.5. The first kappa shape index (κ1) is 16.7. The van der Waals surface area contributed by atoms with E-state index in [4.69, 9.17) is 0 Å².